The van der Waals surface area contributed by atoms with Gasteiger partial charge in [-0.2, -0.15) is 0 Å². The highest BCUT2D eigenvalue weighted by Gasteiger charge is 2.24. The molecule has 0 unspecified atom stereocenters. The highest BCUT2D eigenvalue weighted by atomic mass is 16.6. The number of hydrogen-bond acceptors (Lipinski definition) is 5. The fourth-order valence-corrected chi connectivity index (χ4v) is 2.69. The van der Waals surface area contributed by atoms with Gasteiger partial charge in [0.2, 0.25) is 0 Å². The van der Waals surface area contributed by atoms with Gasteiger partial charge in [0.25, 0.3) is 5.69 Å². The van der Waals surface area contributed by atoms with Crippen LogP contribution < -0.4 is 4.90 Å². The summed E-state index contributed by atoms with van der Waals surface area (Å²) in [6, 6.07) is 2.13. The smallest absolute Gasteiger partial charge is 0.290 e. The first-order valence-electron chi connectivity index (χ1n) is 6.62. The van der Waals surface area contributed by atoms with Crippen molar-refractivity contribution in [2.24, 2.45) is 0 Å². The second-order valence-electron chi connectivity index (χ2n) is 4.94. The van der Waals surface area contributed by atoms with Gasteiger partial charge >= 0.3 is 0 Å². The summed E-state index contributed by atoms with van der Waals surface area (Å²) < 4.78 is 0. The molecule has 1 saturated carbocycles. The Kier molecular flexibility index (Phi) is 4.31. The van der Waals surface area contributed by atoms with E-state index >= 15 is 0 Å². The highest BCUT2D eigenvalue weighted by Crippen LogP contribution is 2.29. The van der Waals surface area contributed by atoms with E-state index in [9.17, 15) is 15.2 Å². The molecule has 1 aromatic rings. The maximum Gasteiger partial charge on any atom is 0.290 e. The van der Waals surface area contributed by atoms with Crippen molar-refractivity contribution in [3.63, 3.8) is 0 Å². The van der Waals surface area contributed by atoms with Crippen LogP contribution in [0.3, 0.4) is 0 Å². The van der Waals surface area contributed by atoms with E-state index in [-0.39, 0.29) is 12.3 Å². The fraction of sp³-hybridized carbons (Fsp3) is 0.615. The summed E-state index contributed by atoms with van der Waals surface area (Å²) in [5, 5.41) is 20.0. The third-order valence-corrected chi connectivity index (χ3v) is 3.67. The molecule has 1 heterocycles. The lowest BCUT2D eigenvalue weighted by atomic mass is 10.2. The number of aryl methyl sites for hydroxylation is 1. The van der Waals surface area contributed by atoms with Crippen LogP contribution in [0.4, 0.5) is 11.5 Å². The third kappa shape index (κ3) is 3.01. The molecule has 1 aliphatic rings. The second kappa shape index (κ2) is 5.97. The van der Waals surface area contributed by atoms with Gasteiger partial charge in [-0.1, -0.05) is 12.8 Å². The molecule has 0 saturated heterocycles. The fourth-order valence-electron chi connectivity index (χ4n) is 2.69. The summed E-state index contributed by atoms with van der Waals surface area (Å²) in [4.78, 5) is 16.6. The van der Waals surface area contributed by atoms with Crippen molar-refractivity contribution in [2.45, 2.75) is 38.6 Å². The number of pyridine rings is 1. The number of nitro groups is 1. The molecule has 6 nitrogen and oxygen atoms in total. The third-order valence-electron chi connectivity index (χ3n) is 3.67. The predicted molar refractivity (Wildman–Crippen MR) is 72.3 cm³/mol. The lowest BCUT2D eigenvalue weighted by molar-refractivity contribution is -0.385. The first-order chi connectivity index (χ1) is 9.13. The maximum absolute atomic E-state index is 10.8. The summed E-state index contributed by atoms with van der Waals surface area (Å²) in [6.07, 6.45) is 5.89. The number of aromatic nitrogens is 1. The molecule has 0 aromatic carbocycles. The Labute approximate surface area is 112 Å². The largest absolute Gasteiger partial charge is 0.395 e. The number of hydrogen-bond donors (Lipinski definition) is 1. The molecule has 6 heteroatoms. The Morgan fingerprint density at radius 2 is 2.21 bits per heavy atom. The van der Waals surface area contributed by atoms with Crippen LogP contribution in [0.25, 0.3) is 0 Å². The van der Waals surface area contributed by atoms with E-state index in [0.29, 0.717) is 18.2 Å². The number of aliphatic hydroxyl groups excluding tert-OH is 1. The topological polar surface area (TPSA) is 79.5 Å². The van der Waals surface area contributed by atoms with Crippen molar-refractivity contribution >= 4 is 11.5 Å². The molecule has 1 aromatic heterocycles. The van der Waals surface area contributed by atoms with Crippen molar-refractivity contribution < 1.29 is 10.0 Å². The lowest BCUT2D eigenvalue weighted by Gasteiger charge is -2.29. The molecular formula is C13H19N3O3. The predicted octanol–water partition coefficient (Wildman–Crippen LogP) is 2.04. The first kappa shape index (κ1) is 13.7. The molecule has 104 valence electrons. The quantitative estimate of drug-likeness (QED) is 0.651. The summed E-state index contributed by atoms with van der Waals surface area (Å²) >= 11 is 0. The maximum atomic E-state index is 10.8. The molecule has 2 rings (SSSR count). The van der Waals surface area contributed by atoms with E-state index in [1.165, 1.54) is 19.0 Å². The molecule has 19 heavy (non-hydrogen) atoms. The molecule has 0 amide bonds. The van der Waals surface area contributed by atoms with E-state index in [1.54, 1.807) is 13.0 Å². The zero-order valence-electron chi connectivity index (χ0n) is 11.1. The molecular weight excluding hydrogens is 246 g/mol. The monoisotopic (exact) mass is 265 g/mol. The van der Waals surface area contributed by atoms with Crippen LogP contribution in [0.1, 0.15) is 31.2 Å². The zero-order valence-corrected chi connectivity index (χ0v) is 11.1. The van der Waals surface area contributed by atoms with Gasteiger partial charge in [-0.15, -0.1) is 0 Å². The average Bonchev–Trinajstić information content (AvgIpc) is 2.89. The van der Waals surface area contributed by atoms with Gasteiger partial charge in [-0.05, 0) is 25.8 Å². The van der Waals surface area contributed by atoms with Gasteiger partial charge in [-0.25, -0.2) is 4.98 Å². The highest BCUT2D eigenvalue weighted by molar-refractivity contribution is 5.49. The minimum atomic E-state index is -0.419. The van der Waals surface area contributed by atoms with Gasteiger partial charge in [0.05, 0.1) is 11.5 Å². The van der Waals surface area contributed by atoms with Crippen LogP contribution in [0, 0.1) is 17.0 Å². The molecule has 0 bridgehead atoms. The Bertz CT molecular complexity index is 458. The normalized spacial score (nSPS) is 15.7. The van der Waals surface area contributed by atoms with E-state index in [1.807, 2.05) is 0 Å². The van der Waals surface area contributed by atoms with Crippen LogP contribution in [0.15, 0.2) is 12.3 Å². The lowest BCUT2D eigenvalue weighted by Crippen LogP contribution is -2.36. The zero-order chi connectivity index (χ0) is 13.8. The van der Waals surface area contributed by atoms with Crippen LogP contribution in [0.5, 0.6) is 0 Å². The van der Waals surface area contributed by atoms with Gasteiger partial charge in [0, 0.05) is 18.2 Å². The molecule has 1 aliphatic carbocycles. The van der Waals surface area contributed by atoms with Crippen molar-refractivity contribution in [3.05, 3.63) is 27.9 Å². The standard InChI is InChI=1S/C13H19N3O3/c1-10-8-13(14-9-12(10)16(18)19)15(6-7-17)11-4-2-3-5-11/h8-9,11,17H,2-7H2,1H3. The van der Waals surface area contributed by atoms with E-state index < -0.39 is 4.92 Å². The number of rotatable bonds is 5. The Morgan fingerprint density at radius 1 is 1.53 bits per heavy atom. The first-order valence-corrected chi connectivity index (χ1v) is 6.62. The van der Waals surface area contributed by atoms with E-state index in [2.05, 4.69) is 9.88 Å². The summed E-state index contributed by atoms with van der Waals surface area (Å²) in [7, 11) is 0. The van der Waals surface area contributed by atoms with Gasteiger partial charge < -0.3 is 10.0 Å². The van der Waals surface area contributed by atoms with Crippen LogP contribution in [-0.4, -0.2) is 34.2 Å². The number of aliphatic hydroxyl groups is 1. The molecule has 0 radical (unpaired) electrons. The van der Waals surface area contributed by atoms with Crippen molar-refractivity contribution in [1.82, 2.24) is 4.98 Å². The number of nitrogens with zero attached hydrogens (tertiary/aromatic N) is 3. The molecule has 0 aliphatic heterocycles. The van der Waals surface area contributed by atoms with Crippen LogP contribution in [0.2, 0.25) is 0 Å². The minimum absolute atomic E-state index is 0.0409. The Balaban J connectivity index is 2.26. The van der Waals surface area contributed by atoms with Gasteiger partial charge in [0.15, 0.2) is 0 Å². The van der Waals surface area contributed by atoms with E-state index in [4.69, 9.17) is 0 Å². The Morgan fingerprint density at radius 3 is 2.74 bits per heavy atom. The number of anilines is 1. The average molecular weight is 265 g/mol. The summed E-state index contributed by atoms with van der Waals surface area (Å²) in [5.74, 6) is 0.726. The van der Waals surface area contributed by atoms with Crippen molar-refractivity contribution in [3.8, 4) is 0 Å². The van der Waals surface area contributed by atoms with Crippen molar-refractivity contribution in [2.75, 3.05) is 18.1 Å². The van der Waals surface area contributed by atoms with Crippen LogP contribution >= 0.6 is 0 Å². The molecule has 1 N–H and O–H groups in total. The Hall–Kier alpha value is -1.69. The molecule has 0 spiro atoms. The van der Waals surface area contributed by atoms with Gasteiger partial charge in [-0.3, -0.25) is 10.1 Å². The van der Waals surface area contributed by atoms with Crippen LogP contribution in [-0.2, 0) is 0 Å². The van der Waals surface area contributed by atoms with E-state index in [0.717, 1.165) is 18.7 Å². The second-order valence-corrected chi connectivity index (χ2v) is 4.94. The molecule has 1 fully saturated rings. The van der Waals surface area contributed by atoms with Gasteiger partial charge in [0.1, 0.15) is 12.0 Å². The molecule has 0 atom stereocenters. The minimum Gasteiger partial charge on any atom is -0.395 e. The van der Waals surface area contributed by atoms with Crippen molar-refractivity contribution in [1.29, 1.82) is 0 Å². The summed E-state index contributed by atoms with van der Waals surface area (Å²) in [5.41, 5.74) is 0.648. The SMILES string of the molecule is Cc1cc(N(CCO)C2CCCC2)ncc1[N+](=O)[O-]. The summed E-state index contributed by atoms with van der Waals surface area (Å²) in [6.45, 7) is 2.30.